The predicted molar refractivity (Wildman–Crippen MR) is 59.2 cm³/mol. The number of ketones is 1. The van der Waals surface area contributed by atoms with Crippen LogP contribution in [0, 0.1) is 17.3 Å². The van der Waals surface area contributed by atoms with E-state index in [9.17, 15) is 4.79 Å². The Morgan fingerprint density at radius 1 is 1.29 bits per heavy atom. The van der Waals surface area contributed by atoms with Gasteiger partial charge in [-0.15, -0.1) is 0 Å². The Morgan fingerprint density at radius 2 is 1.86 bits per heavy atom. The fourth-order valence-electron chi connectivity index (χ4n) is 2.15. The largest absolute Gasteiger partial charge is 0.314 e. The van der Waals surface area contributed by atoms with Gasteiger partial charge in [0.2, 0.25) is 0 Å². The average Bonchev–Trinajstić information content (AvgIpc) is 2.06. The summed E-state index contributed by atoms with van der Waals surface area (Å²) in [6.45, 7) is 11.4. The fraction of sp³-hybridized carbons (Fsp3) is 0.917. The van der Waals surface area contributed by atoms with E-state index < -0.39 is 0 Å². The lowest BCUT2D eigenvalue weighted by molar-refractivity contribution is -0.133. The van der Waals surface area contributed by atoms with Gasteiger partial charge in [0, 0.05) is 17.4 Å². The van der Waals surface area contributed by atoms with Crippen molar-refractivity contribution in [1.29, 1.82) is 0 Å². The van der Waals surface area contributed by atoms with Gasteiger partial charge in [-0.05, 0) is 25.8 Å². The summed E-state index contributed by atoms with van der Waals surface area (Å²) < 4.78 is 0. The van der Waals surface area contributed by atoms with Gasteiger partial charge in [0.1, 0.15) is 5.78 Å². The summed E-state index contributed by atoms with van der Waals surface area (Å²) in [4.78, 5) is 12.1. The van der Waals surface area contributed by atoms with Gasteiger partial charge in [-0.1, -0.05) is 27.7 Å². The first-order valence-electron chi connectivity index (χ1n) is 5.60. The van der Waals surface area contributed by atoms with Gasteiger partial charge >= 0.3 is 0 Å². The maximum absolute atomic E-state index is 12.1. The summed E-state index contributed by atoms with van der Waals surface area (Å²) in [5, 5.41) is 3.42. The molecular weight excluding hydrogens is 174 g/mol. The molecule has 0 radical (unpaired) electrons. The molecule has 14 heavy (non-hydrogen) atoms. The van der Waals surface area contributed by atoms with E-state index in [0.29, 0.717) is 17.7 Å². The number of Topliss-reactive ketones (excluding diaryl/α,β-unsaturated/α-hetero) is 1. The average molecular weight is 197 g/mol. The lowest BCUT2D eigenvalue weighted by Gasteiger charge is -2.36. The quantitative estimate of drug-likeness (QED) is 0.698. The van der Waals surface area contributed by atoms with Crippen LogP contribution in [-0.4, -0.2) is 18.4 Å². The summed E-state index contributed by atoms with van der Waals surface area (Å²) in [5.74, 6) is 1.17. The molecule has 2 heteroatoms. The van der Waals surface area contributed by atoms with Gasteiger partial charge in [-0.2, -0.15) is 0 Å². The van der Waals surface area contributed by atoms with Crippen LogP contribution in [0.15, 0.2) is 0 Å². The number of nitrogens with one attached hydrogen (secondary N) is 1. The highest BCUT2D eigenvalue weighted by molar-refractivity contribution is 5.86. The molecule has 0 aliphatic carbocycles. The summed E-state index contributed by atoms with van der Waals surface area (Å²) in [6, 6.07) is 0.488. The third-order valence-corrected chi connectivity index (χ3v) is 3.16. The summed E-state index contributed by atoms with van der Waals surface area (Å²) >= 11 is 0. The van der Waals surface area contributed by atoms with Crippen molar-refractivity contribution in [3.8, 4) is 0 Å². The van der Waals surface area contributed by atoms with E-state index in [0.717, 1.165) is 13.0 Å². The molecule has 0 spiro atoms. The van der Waals surface area contributed by atoms with Gasteiger partial charge in [-0.3, -0.25) is 4.79 Å². The lowest BCUT2D eigenvalue weighted by Crippen LogP contribution is -2.46. The third kappa shape index (κ3) is 2.57. The van der Waals surface area contributed by atoms with E-state index in [1.807, 2.05) is 20.8 Å². The highest BCUT2D eigenvalue weighted by Gasteiger charge is 2.36. The number of piperidine rings is 1. The molecule has 3 atom stereocenters. The first-order valence-corrected chi connectivity index (χ1v) is 5.60. The van der Waals surface area contributed by atoms with Crippen molar-refractivity contribution >= 4 is 5.78 Å². The number of hydrogen-bond acceptors (Lipinski definition) is 2. The zero-order valence-corrected chi connectivity index (χ0v) is 10.1. The zero-order valence-electron chi connectivity index (χ0n) is 10.1. The van der Waals surface area contributed by atoms with E-state index in [2.05, 4.69) is 19.2 Å². The first kappa shape index (κ1) is 11.7. The van der Waals surface area contributed by atoms with Gasteiger partial charge in [0.05, 0.1) is 0 Å². The molecule has 1 fully saturated rings. The van der Waals surface area contributed by atoms with Crippen molar-refractivity contribution in [3.05, 3.63) is 0 Å². The third-order valence-electron chi connectivity index (χ3n) is 3.16. The Balaban J connectivity index is 2.70. The Bertz CT molecular complexity index is 217. The molecule has 82 valence electrons. The normalized spacial score (nSPS) is 34.2. The van der Waals surface area contributed by atoms with Crippen LogP contribution in [0.3, 0.4) is 0 Å². The van der Waals surface area contributed by atoms with Crippen LogP contribution in [0.1, 0.15) is 41.0 Å². The van der Waals surface area contributed by atoms with Crippen molar-refractivity contribution in [2.75, 3.05) is 6.54 Å². The Hall–Kier alpha value is -0.370. The predicted octanol–water partition coefficient (Wildman–Crippen LogP) is 2.24. The van der Waals surface area contributed by atoms with E-state index in [1.54, 1.807) is 0 Å². The van der Waals surface area contributed by atoms with Crippen molar-refractivity contribution in [2.24, 2.45) is 17.3 Å². The minimum absolute atomic E-state index is 0.185. The van der Waals surface area contributed by atoms with E-state index >= 15 is 0 Å². The van der Waals surface area contributed by atoms with E-state index in [1.165, 1.54) is 0 Å². The smallest absolute Gasteiger partial charge is 0.141 e. The molecule has 0 bridgehead atoms. The molecule has 1 aliphatic heterocycles. The molecule has 2 nitrogen and oxygen atoms in total. The highest BCUT2D eigenvalue weighted by Crippen LogP contribution is 2.30. The van der Waals surface area contributed by atoms with Gasteiger partial charge in [0.15, 0.2) is 0 Å². The van der Waals surface area contributed by atoms with Crippen LogP contribution in [0.4, 0.5) is 0 Å². The van der Waals surface area contributed by atoms with Crippen molar-refractivity contribution in [3.63, 3.8) is 0 Å². The molecule has 0 saturated carbocycles. The Kier molecular flexibility index (Phi) is 3.36. The first-order chi connectivity index (χ1) is 6.32. The lowest BCUT2D eigenvalue weighted by atomic mass is 9.73. The molecule has 0 aromatic rings. The highest BCUT2D eigenvalue weighted by atomic mass is 16.1. The molecule has 1 aliphatic rings. The summed E-state index contributed by atoms with van der Waals surface area (Å²) in [5.41, 5.74) is -0.185. The molecule has 1 heterocycles. The number of hydrogen-bond donors (Lipinski definition) is 1. The molecule has 3 unspecified atom stereocenters. The van der Waals surface area contributed by atoms with Crippen LogP contribution in [0.25, 0.3) is 0 Å². The second kappa shape index (κ2) is 4.01. The standard InChI is InChI=1S/C12H23NO/c1-8-7-13-9(2)6-10(8)11(14)12(3,4)5/h8-10,13H,6-7H2,1-5H3. The van der Waals surface area contributed by atoms with Crippen LogP contribution in [0.2, 0.25) is 0 Å². The summed E-state index contributed by atoms with van der Waals surface area (Å²) in [6.07, 6.45) is 0.997. The van der Waals surface area contributed by atoms with E-state index in [-0.39, 0.29) is 11.3 Å². The molecule has 0 aromatic heterocycles. The summed E-state index contributed by atoms with van der Waals surface area (Å²) in [7, 11) is 0. The molecule has 0 amide bonds. The van der Waals surface area contributed by atoms with Crippen molar-refractivity contribution in [2.45, 2.75) is 47.1 Å². The van der Waals surface area contributed by atoms with Crippen LogP contribution < -0.4 is 5.32 Å². The fourth-order valence-corrected chi connectivity index (χ4v) is 2.15. The Labute approximate surface area is 87.5 Å². The molecule has 0 aromatic carbocycles. The van der Waals surface area contributed by atoms with Crippen molar-refractivity contribution < 1.29 is 4.79 Å². The number of carbonyl (C=O) groups is 1. The molecular formula is C12H23NO. The van der Waals surface area contributed by atoms with Gasteiger partial charge in [-0.25, -0.2) is 0 Å². The maximum atomic E-state index is 12.1. The maximum Gasteiger partial charge on any atom is 0.141 e. The molecule has 1 saturated heterocycles. The zero-order chi connectivity index (χ0) is 10.9. The SMILES string of the molecule is CC1CC(C(=O)C(C)(C)C)C(C)CN1. The van der Waals surface area contributed by atoms with Gasteiger partial charge < -0.3 is 5.32 Å². The van der Waals surface area contributed by atoms with Crippen LogP contribution in [0.5, 0.6) is 0 Å². The molecule has 1 N–H and O–H groups in total. The Morgan fingerprint density at radius 3 is 2.36 bits per heavy atom. The second-order valence-corrected chi connectivity index (χ2v) is 5.74. The van der Waals surface area contributed by atoms with Crippen LogP contribution >= 0.6 is 0 Å². The van der Waals surface area contributed by atoms with Crippen molar-refractivity contribution in [1.82, 2.24) is 5.32 Å². The number of carbonyl (C=O) groups excluding carboxylic acids is 1. The van der Waals surface area contributed by atoms with Gasteiger partial charge in [0.25, 0.3) is 0 Å². The van der Waals surface area contributed by atoms with E-state index in [4.69, 9.17) is 0 Å². The second-order valence-electron chi connectivity index (χ2n) is 5.74. The minimum Gasteiger partial charge on any atom is -0.314 e. The number of rotatable bonds is 1. The van der Waals surface area contributed by atoms with Crippen LogP contribution in [-0.2, 0) is 4.79 Å². The molecule has 1 rings (SSSR count). The minimum atomic E-state index is -0.185. The monoisotopic (exact) mass is 197 g/mol. The topological polar surface area (TPSA) is 29.1 Å².